The first-order chi connectivity index (χ1) is 20.0. The summed E-state index contributed by atoms with van der Waals surface area (Å²) in [5.41, 5.74) is 0.813. The summed E-state index contributed by atoms with van der Waals surface area (Å²) in [6.07, 6.45) is 1.80. The standard InChI is InChI=1S/C24H30ClN7O4S/c1-31(2)24(36)13-4-6-15(27-20(33)21(34)30-19-7-5-14(25)11-26-19)17(10-13)28-22(35)23-29-16-8-9-32(3)12-18(16)37-23/h5,7,11,13,15,17H,4,6,8-10,12H2,1-3H3,(H,27,33)(H,28,35)(H,26,30,34)/t13-,15+,17+/m0/s1/i1D3,2D3. The van der Waals surface area contributed by atoms with Crippen LogP contribution in [-0.2, 0) is 27.3 Å². The minimum Gasteiger partial charge on any atom is -0.349 e. The molecule has 3 atom stereocenters. The lowest BCUT2D eigenvalue weighted by Gasteiger charge is -2.37. The first-order valence-electron chi connectivity index (χ1n) is 14.6. The molecule has 0 radical (unpaired) electrons. The van der Waals surface area contributed by atoms with Crippen LogP contribution in [0.25, 0.3) is 0 Å². The largest absolute Gasteiger partial charge is 0.349 e. The lowest BCUT2D eigenvalue weighted by atomic mass is 9.81. The molecule has 0 aromatic carbocycles. The molecule has 1 aliphatic heterocycles. The zero-order valence-electron chi connectivity index (χ0n) is 25.9. The Morgan fingerprint density at radius 1 is 1.16 bits per heavy atom. The van der Waals surface area contributed by atoms with Crippen molar-refractivity contribution < 1.29 is 27.4 Å². The normalized spacial score (nSPS) is 24.5. The average molecular weight is 554 g/mol. The molecule has 1 fully saturated rings. The van der Waals surface area contributed by atoms with Gasteiger partial charge in [0, 0.05) is 64.7 Å². The summed E-state index contributed by atoms with van der Waals surface area (Å²) in [7, 11) is 1.95. The van der Waals surface area contributed by atoms with Crippen LogP contribution in [0.4, 0.5) is 5.82 Å². The third kappa shape index (κ3) is 6.62. The number of hydrogen-bond donors (Lipinski definition) is 3. The van der Waals surface area contributed by atoms with Crippen LogP contribution in [-0.4, -0.2) is 83.0 Å². The summed E-state index contributed by atoms with van der Waals surface area (Å²) < 4.78 is 45.7. The van der Waals surface area contributed by atoms with E-state index in [0.29, 0.717) is 18.0 Å². The van der Waals surface area contributed by atoms with Crippen LogP contribution in [0.15, 0.2) is 18.3 Å². The van der Waals surface area contributed by atoms with E-state index < -0.39 is 55.6 Å². The Kier molecular flexibility index (Phi) is 6.22. The van der Waals surface area contributed by atoms with Gasteiger partial charge in [-0.05, 0) is 38.4 Å². The van der Waals surface area contributed by atoms with Crippen molar-refractivity contribution in [2.75, 3.05) is 32.9 Å². The number of thiazole rings is 1. The molecule has 4 amide bonds. The lowest BCUT2D eigenvalue weighted by molar-refractivity contribution is -0.137. The molecule has 1 aliphatic carbocycles. The first kappa shape index (κ1) is 19.9. The van der Waals surface area contributed by atoms with Gasteiger partial charge in [-0.15, -0.1) is 11.3 Å². The SMILES string of the molecule is [2H]C([2H])([2H])N(C(=O)[C@H]1CC[C@@H](NC(=O)C(=O)Nc2ccc(Cl)cn2)[C@H](NC(=O)c2nc3c(s2)CN(C)CC3)C1)C([2H])([2H])[2H]. The number of carbonyl (C=O) groups is 4. The molecule has 2 aromatic heterocycles. The molecular formula is C24H30ClN7O4S. The smallest absolute Gasteiger partial charge is 0.314 e. The van der Waals surface area contributed by atoms with Crippen LogP contribution in [0.2, 0.25) is 5.02 Å². The second kappa shape index (κ2) is 11.5. The topological polar surface area (TPSA) is 137 Å². The van der Waals surface area contributed by atoms with Crippen LogP contribution in [0, 0.1) is 5.92 Å². The molecule has 0 saturated heterocycles. The number of amides is 4. The molecule has 2 aliphatic rings. The van der Waals surface area contributed by atoms with Crippen molar-refractivity contribution in [2.24, 2.45) is 5.92 Å². The molecule has 2 aromatic rings. The van der Waals surface area contributed by atoms with E-state index in [4.69, 9.17) is 19.8 Å². The maximum atomic E-state index is 13.3. The molecule has 4 rings (SSSR count). The van der Waals surface area contributed by atoms with E-state index in [0.717, 1.165) is 17.1 Å². The fourth-order valence-corrected chi connectivity index (χ4v) is 5.62. The maximum absolute atomic E-state index is 13.3. The molecule has 0 bridgehead atoms. The van der Waals surface area contributed by atoms with Crippen LogP contribution in [0.1, 0.15) is 47.9 Å². The molecule has 11 nitrogen and oxygen atoms in total. The molecule has 13 heteroatoms. The zero-order chi connectivity index (χ0) is 31.7. The zero-order valence-corrected chi connectivity index (χ0v) is 21.5. The molecule has 3 heterocycles. The van der Waals surface area contributed by atoms with Gasteiger partial charge in [0.1, 0.15) is 5.82 Å². The monoisotopic (exact) mass is 553 g/mol. The number of halogens is 1. The Balaban J connectivity index is 1.53. The number of nitrogens with zero attached hydrogens (tertiary/aromatic N) is 4. The number of rotatable bonds is 5. The van der Waals surface area contributed by atoms with Crippen molar-refractivity contribution in [2.45, 2.75) is 44.3 Å². The minimum atomic E-state index is -3.23. The molecule has 1 saturated carbocycles. The number of likely N-dealkylation sites (N-methyl/N-ethyl adjacent to an activating group) is 1. The van der Waals surface area contributed by atoms with Crippen molar-refractivity contribution in [1.29, 1.82) is 0 Å². The summed E-state index contributed by atoms with van der Waals surface area (Å²) in [4.78, 5) is 63.2. The van der Waals surface area contributed by atoms with Gasteiger partial charge in [0.25, 0.3) is 5.91 Å². The van der Waals surface area contributed by atoms with E-state index in [1.165, 1.54) is 29.7 Å². The van der Waals surface area contributed by atoms with E-state index in [9.17, 15) is 19.2 Å². The Bertz CT molecular complexity index is 1370. The van der Waals surface area contributed by atoms with E-state index in [-0.39, 0.29) is 35.0 Å². The molecule has 198 valence electrons. The number of aromatic nitrogens is 2. The fraction of sp³-hybridized carbons (Fsp3) is 0.500. The highest BCUT2D eigenvalue weighted by molar-refractivity contribution is 7.13. The summed E-state index contributed by atoms with van der Waals surface area (Å²) in [5.74, 6) is -4.78. The van der Waals surface area contributed by atoms with Crippen molar-refractivity contribution in [3.05, 3.63) is 38.9 Å². The highest BCUT2D eigenvalue weighted by atomic mass is 35.5. The molecule has 0 spiro atoms. The quantitative estimate of drug-likeness (QED) is 0.474. The highest BCUT2D eigenvalue weighted by Gasteiger charge is 2.37. The van der Waals surface area contributed by atoms with E-state index >= 15 is 0 Å². The third-order valence-electron chi connectivity index (χ3n) is 6.34. The van der Waals surface area contributed by atoms with Gasteiger partial charge < -0.3 is 25.8 Å². The summed E-state index contributed by atoms with van der Waals surface area (Å²) in [6.45, 7) is -5.04. The third-order valence-corrected chi connectivity index (χ3v) is 7.65. The van der Waals surface area contributed by atoms with Crippen molar-refractivity contribution in [3.8, 4) is 0 Å². The first-order valence-corrected chi connectivity index (χ1v) is 12.8. The fourth-order valence-electron chi connectivity index (χ4n) is 4.42. The number of anilines is 1. The van der Waals surface area contributed by atoms with Gasteiger partial charge >= 0.3 is 11.8 Å². The Hall–Kier alpha value is -3.09. The predicted octanol–water partition coefficient (Wildman–Crippen LogP) is 1.29. The number of carbonyl (C=O) groups excluding carboxylic acids is 4. The van der Waals surface area contributed by atoms with Gasteiger partial charge in [-0.25, -0.2) is 9.97 Å². The van der Waals surface area contributed by atoms with E-state index in [2.05, 4.69) is 30.8 Å². The Labute approximate surface area is 232 Å². The van der Waals surface area contributed by atoms with E-state index in [1.54, 1.807) is 0 Å². The van der Waals surface area contributed by atoms with Crippen LogP contribution >= 0.6 is 22.9 Å². The van der Waals surface area contributed by atoms with Crippen molar-refractivity contribution >= 4 is 52.4 Å². The number of nitrogens with one attached hydrogen (secondary N) is 3. The average Bonchev–Trinajstić information content (AvgIpc) is 3.32. The Morgan fingerprint density at radius 3 is 2.70 bits per heavy atom. The summed E-state index contributed by atoms with van der Waals surface area (Å²) >= 11 is 7.02. The molecule has 0 unspecified atom stereocenters. The van der Waals surface area contributed by atoms with Gasteiger partial charge in [0.15, 0.2) is 5.01 Å². The van der Waals surface area contributed by atoms with Crippen LogP contribution < -0.4 is 16.0 Å². The van der Waals surface area contributed by atoms with Gasteiger partial charge in [-0.2, -0.15) is 0 Å². The van der Waals surface area contributed by atoms with Crippen LogP contribution in [0.3, 0.4) is 0 Å². The predicted molar refractivity (Wildman–Crippen MR) is 139 cm³/mol. The minimum absolute atomic E-state index is 0.00292. The van der Waals surface area contributed by atoms with Gasteiger partial charge in [-0.1, -0.05) is 11.6 Å². The molecule has 3 N–H and O–H groups in total. The number of hydrogen-bond acceptors (Lipinski definition) is 8. The van der Waals surface area contributed by atoms with Crippen LogP contribution in [0.5, 0.6) is 0 Å². The van der Waals surface area contributed by atoms with Crippen molar-refractivity contribution in [3.63, 3.8) is 0 Å². The van der Waals surface area contributed by atoms with Gasteiger partial charge in [-0.3, -0.25) is 19.2 Å². The van der Waals surface area contributed by atoms with Gasteiger partial charge in [0.2, 0.25) is 5.91 Å². The highest BCUT2D eigenvalue weighted by Crippen LogP contribution is 2.28. The molecular weight excluding hydrogens is 518 g/mol. The Morgan fingerprint density at radius 2 is 1.97 bits per heavy atom. The number of pyridine rings is 1. The van der Waals surface area contributed by atoms with Gasteiger partial charge in [0.05, 0.1) is 16.8 Å². The lowest BCUT2D eigenvalue weighted by Crippen LogP contribution is -2.57. The second-order valence-corrected chi connectivity index (χ2v) is 10.6. The maximum Gasteiger partial charge on any atom is 0.314 e. The molecule has 37 heavy (non-hydrogen) atoms. The summed E-state index contributed by atoms with van der Waals surface area (Å²) in [5, 5.41) is 8.20. The second-order valence-electron chi connectivity index (χ2n) is 9.04. The summed E-state index contributed by atoms with van der Waals surface area (Å²) in [6, 6.07) is 1.07. The van der Waals surface area contributed by atoms with E-state index in [1.807, 2.05) is 7.05 Å². The number of fused-ring (bicyclic) bond motifs is 1. The van der Waals surface area contributed by atoms with Crippen molar-refractivity contribution in [1.82, 2.24) is 30.4 Å².